The van der Waals surface area contributed by atoms with Crippen molar-refractivity contribution >= 4 is 28.8 Å². The molecule has 0 bridgehead atoms. The summed E-state index contributed by atoms with van der Waals surface area (Å²) in [4.78, 5) is 39.0. The molecule has 0 aromatic rings. The van der Waals surface area contributed by atoms with E-state index >= 15 is 0 Å². The van der Waals surface area contributed by atoms with Crippen LogP contribution in [0.5, 0.6) is 0 Å². The standard InChI is InChI=1S/C11H25O11P3/c1-5-9(23(14,15)20-6-2)11(10(12)13,24(16,17)21-7-3)25(18,19)22-8-4/h9H,5-8H2,1-4H3,(H,12,13)(H,14,15)(H,16,17)(H,18,19). The number of carboxylic acids is 1. The molecule has 25 heavy (non-hydrogen) atoms. The predicted octanol–water partition coefficient (Wildman–Crippen LogP) is 2.21. The van der Waals surface area contributed by atoms with Crippen LogP contribution in [0.2, 0.25) is 0 Å². The van der Waals surface area contributed by atoms with E-state index in [1.807, 2.05) is 0 Å². The molecule has 4 atom stereocenters. The van der Waals surface area contributed by atoms with E-state index in [1.54, 1.807) is 0 Å². The maximum Gasteiger partial charge on any atom is 0.358 e. The molecular weight excluding hydrogens is 401 g/mol. The summed E-state index contributed by atoms with van der Waals surface area (Å²) in [5.74, 6) is -2.27. The van der Waals surface area contributed by atoms with Crippen molar-refractivity contribution < 1.29 is 51.8 Å². The van der Waals surface area contributed by atoms with Crippen LogP contribution in [-0.4, -0.2) is 56.1 Å². The monoisotopic (exact) mass is 426 g/mol. The summed E-state index contributed by atoms with van der Waals surface area (Å²) in [6.07, 6.45) is -0.546. The van der Waals surface area contributed by atoms with E-state index < -0.39 is 58.9 Å². The fourth-order valence-electron chi connectivity index (χ4n) is 2.49. The van der Waals surface area contributed by atoms with Gasteiger partial charge in [0.1, 0.15) is 5.66 Å². The number of carboxylic acid groups (broad SMARTS) is 1. The molecule has 0 aromatic carbocycles. The summed E-state index contributed by atoms with van der Waals surface area (Å²) in [6.45, 7) is 3.73. The molecule has 0 heterocycles. The third-order valence-corrected chi connectivity index (χ3v) is 11.4. The van der Waals surface area contributed by atoms with E-state index in [-0.39, 0.29) is 6.61 Å². The fourth-order valence-corrected chi connectivity index (χ4v) is 10.1. The third kappa shape index (κ3) is 4.61. The Bertz CT molecular complexity index is 578. The summed E-state index contributed by atoms with van der Waals surface area (Å²) < 4.78 is 51.7. The Kier molecular flexibility index (Phi) is 9.19. The molecule has 4 unspecified atom stereocenters. The van der Waals surface area contributed by atoms with Gasteiger partial charge in [-0.1, -0.05) is 6.92 Å². The second-order valence-electron chi connectivity index (χ2n) is 4.81. The highest BCUT2D eigenvalue weighted by atomic mass is 31.2. The van der Waals surface area contributed by atoms with Gasteiger partial charge in [-0.05, 0) is 27.2 Å². The Morgan fingerprint density at radius 1 is 0.880 bits per heavy atom. The summed E-state index contributed by atoms with van der Waals surface area (Å²) in [5, 5.41) is 9.67. The van der Waals surface area contributed by atoms with Crippen molar-refractivity contribution in [3.63, 3.8) is 0 Å². The van der Waals surface area contributed by atoms with Crippen molar-refractivity contribution in [3.05, 3.63) is 0 Å². The molecule has 0 aliphatic heterocycles. The van der Waals surface area contributed by atoms with Gasteiger partial charge < -0.3 is 33.4 Å². The SMILES string of the molecule is CCOP(=O)(O)C(CC)C(C(=O)O)(P(=O)(O)OCC)P(=O)(O)OCC. The van der Waals surface area contributed by atoms with Crippen LogP contribution in [0.1, 0.15) is 34.1 Å². The van der Waals surface area contributed by atoms with E-state index in [2.05, 4.69) is 13.6 Å². The van der Waals surface area contributed by atoms with Crippen molar-refractivity contribution in [2.75, 3.05) is 19.8 Å². The van der Waals surface area contributed by atoms with Gasteiger partial charge >= 0.3 is 28.8 Å². The molecule has 0 radical (unpaired) electrons. The number of aliphatic carboxylic acids is 1. The molecule has 0 aliphatic rings. The minimum Gasteiger partial charge on any atom is -0.480 e. The first-order valence-electron chi connectivity index (χ1n) is 7.47. The van der Waals surface area contributed by atoms with Crippen molar-refractivity contribution in [2.45, 2.75) is 44.7 Å². The Labute approximate surface area is 145 Å². The van der Waals surface area contributed by atoms with Crippen LogP contribution in [0.4, 0.5) is 0 Å². The molecule has 14 heteroatoms. The molecule has 4 N–H and O–H groups in total. The highest BCUT2D eigenvalue weighted by Gasteiger charge is 2.76. The zero-order valence-corrected chi connectivity index (χ0v) is 17.1. The molecule has 11 nitrogen and oxygen atoms in total. The minimum absolute atomic E-state index is 0.339. The fraction of sp³-hybridized carbons (Fsp3) is 0.909. The number of hydrogen-bond donors (Lipinski definition) is 4. The number of carbonyl (C=O) groups is 1. The van der Waals surface area contributed by atoms with E-state index in [9.17, 15) is 38.3 Å². The van der Waals surface area contributed by atoms with Gasteiger partial charge in [0.05, 0.1) is 19.8 Å². The summed E-state index contributed by atoms with van der Waals surface area (Å²) in [5.41, 5.74) is -2.23. The zero-order valence-electron chi connectivity index (χ0n) is 14.4. The van der Waals surface area contributed by atoms with E-state index in [1.165, 1.54) is 27.7 Å². The van der Waals surface area contributed by atoms with Gasteiger partial charge in [0.25, 0.3) is 4.90 Å². The molecule has 0 saturated heterocycles. The first kappa shape index (κ1) is 24.9. The van der Waals surface area contributed by atoms with Crippen LogP contribution >= 0.6 is 22.8 Å². The van der Waals surface area contributed by atoms with Crippen LogP contribution in [0, 0.1) is 0 Å². The van der Waals surface area contributed by atoms with Crippen molar-refractivity contribution in [3.8, 4) is 0 Å². The van der Waals surface area contributed by atoms with Crippen molar-refractivity contribution in [2.24, 2.45) is 0 Å². The molecule has 0 fully saturated rings. The Morgan fingerprint density at radius 2 is 1.24 bits per heavy atom. The van der Waals surface area contributed by atoms with Gasteiger partial charge in [-0.15, -0.1) is 0 Å². The quantitative estimate of drug-likeness (QED) is 0.336. The lowest BCUT2D eigenvalue weighted by molar-refractivity contribution is -0.139. The van der Waals surface area contributed by atoms with Gasteiger partial charge in [0.15, 0.2) is 0 Å². The van der Waals surface area contributed by atoms with Crippen LogP contribution in [0.3, 0.4) is 0 Å². The molecule has 0 amide bonds. The van der Waals surface area contributed by atoms with E-state index in [0.29, 0.717) is 0 Å². The highest BCUT2D eigenvalue weighted by Crippen LogP contribution is 2.79. The summed E-state index contributed by atoms with van der Waals surface area (Å²) >= 11 is 0. The predicted molar refractivity (Wildman–Crippen MR) is 88.8 cm³/mol. The molecule has 0 aliphatic carbocycles. The molecule has 0 saturated carbocycles. The van der Waals surface area contributed by atoms with Gasteiger partial charge in [0.2, 0.25) is 0 Å². The summed E-state index contributed by atoms with van der Waals surface area (Å²) in [7, 11) is -15.9. The number of hydrogen-bond acceptors (Lipinski definition) is 7. The lowest BCUT2D eigenvalue weighted by atomic mass is 10.2. The lowest BCUT2D eigenvalue weighted by Gasteiger charge is -2.40. The highest BCUT2D eigenvalue weighted by molar-refractivity contribution is 7.76. The minimum atomic E-state index is -5.48. The Morgan fingerprint density at radius 3 is 1.48 bits per heavy atom. The van der Waals surface area contributed by atoms with Crippen molar-refractivity contribution in [1.82, 2.24) is 0 Å². The Hall–Kier alpha value is -0.0800. The first-order valence-corrected chi connectivity index (χ1v) is 12.3. The average molecular weight is 426 g/mol. The van der Waals surface area contributed by atoms with E-state index in [4.69, 9.17) is 0 Å². The molecule has 0 rings (SSSR count). The largest absolute Gasteiger partial charge is 0.480 e. The third-order valence-electron chi connectivity index (χ3n) is 3.34. The van der Waals surface area contributed by atoms with Crippen LogP contribution in [0.15, 0.2) is 0 Å². The second kappa shape index (κ2) is 9.22. The normalized spacial score (nSPS) is 22.8. The van der Waals surface area contributed by atoms with Gasteiger partial charge in [-0.25, -0.2) is 0 Å². The van der Waals surface area contributed by atoms with Gasteiger partial charge in [-0.2, -0.15) is 0 Å². The average Bonchev–Trinajstić information content (AvgIpc) is 2.42. The molecular formula is C11H25O11P3. The molecule has 150 valence electrons. The van der Waals surface area contributed by atoms with Crippen molar-refractivity contribution in [1.29, 1.82) is 0 Å². The lowest BCUT2D eigenvalue weighted by Crippen LogP contribution is -2.49. The maximum absolute atomic E-state index is 12.7. The smallest absolute Gasteiger partial charge is 0.358 e. The molecule has 0 spiro atoms. The maximum atomic E-state index is 12.7. The van der Waals surface area contributed by atoms with Crippen LogP contribution < -0.4 is 0 Å². The summed E-state index contributed by atoms with van der Waals surface area (Å²) in [6, 6.07) is 0. The first-order chi connectivity index (χ1) is 11.3. The van der Waals surface area contributed by atoms with E-state index in [0.717, 1.165) is 0 Å². The second-order valence-corrected chi connectivity index (χ2v) is 11.2. The topological polar surface area (TPSA) is 177 Å². The number of rotatable bonds is 12. The van der Waals surface area contributed by atoms with Gasteiger partial charge in [-0.3, -0.25) is 18.5 Å². The van der Waals surface area contributed by atoms with Crippen LogP contribution in [-0.2, 0) is 32.1 Å². The van der Waals surface area contributed by atoms with Gasteiger partial charge in [0, 0.05) is 0 Å². The zero-order chi connectivity index (χ0) is 20.1. The molecule has 0 aromatic heterocycles. The Balaban J connectivity index is 6.99. The van der Waals surface area contributed by atoms with Crippen LogP contribution in [0.25, 0.3) is 0 Å².